The van der Waals surface area contributed by atoms with Gasteiger partial charge in [0, 0.05) is 42.8 Å². The van der Waals surface area contributed by atoms with E-state index < -0.39 is 0 Å². The molecule has 8 heteroatoms. The highest BCUT2D eigenvalue weighted by Crippen LogP contribution is 2.23. The van der Waals surface area contributed by atoms with Crippen LogP contribution in [0.5, 0.6) is 11.6 Å². The zero-order chi connectivity index (χ0) is 23.5. The average Bonchev–Trinajstić information content (AvgIpc) is 3.08. The van der Waals surface area contributed by atoms with Gasteiger partial charge in [0.1, 0.15) is 5.75 Å². The number of hydrogen-bond donors (Lipinski definition) is 1. The highest BCUT2D eigenvalue weighted by molar-refractivity contribution is 6.04. The van der Waals surface area contributed by atoms with Crippen molar-refractivity contribution >= 4 is 17.3 Å². The zero-order valence-corrected chi connectivity index (χ0v) is 19.3. The van der Waals surface area contributed by atoms with Crippen LogP contribution in [0.1, 0.15) is 27.3 Å². The number of anilines is 2. The fourth-order valence-corrected chi connectivity index (χ4v) is 3.27. The number of aromatic nitrogens is 4. The van der Waals surface area contributed by atoms with Crippen LogP contribution in [-0.2, 0) is 0 Å². The summed E-state index contributed by atoms with van der Waals surface area (Å²) in [7, 11) is 3.92. The zero-order valence-electron chi connectivity index (χ0n) is 19.3. The van der Waals surface area contributed by atoms with Crippen molar-refractivity contribution in [1.82, 2.24) is 20.0 Å². The summed E-state index contributed by atoms with van der Waals surface area (Å²) in [5.74, 6) is 1.42. The number of nitrogens with zero attached hydrogens (tertiary/aromatic N) is 5. The van der Waals surface area contributed by atoms with Crippen molar-refractivity contribution in [1.29, 1.82) is 0 Å². The van der Waals surface area contributed by atoms with Gasteiger partial charge in [-0.3, -0.25) is 4.79 Å². The first-order chi connectivity index (χ1) is 15.8. The molecule has 0 saturated carbocycles. The Hall–Kier alpha value is -4.20. The van der Waals surface area contributed by atoms with E-state index in [0.717, 1.165) is 22.6 Å². The van der Waals surface area contributed by atoms with E-state index in [9.17, 15) is 4.79 Å². The van der Waals surface area contributed by atoms with Gasteiger partial charge < -0.3 is 15.0 Å². The molecule has 2 heterocycles. The largest absolute Gasteiger partial charge is 0.438 e. The van der Waals surface area contributed by atoms with E-state index in [1.165, 1.54) is 0 Å². The second-order valence-electron chi connectivity index (χ2n) is 7.96. The molecule has 0 radical (unpaired) electrons. The monoisotopic (exact) mass is 442 g/mol. The number of benzene rings is 2. The first-order valence-corrected chi connectivity index (χ1v) is 10.6. The molecular weight excluding hydrogens is 416 g/mol. The first kappa shape index (κ1) is 22.0. The molecule has 0 spiro atoms. The normalized spacial score (nSPS) is 10.7. The van der Waals surface area contributed by atoms with Gasteiger partial charge in [-0.15, -0.1) is 10.2 Å². The molecule has 33 heavy (non-hydrogen) atoms. The molecular formula is C25H26N6O2. The Labute approximate surface area is 192 Å². The van der Waals surface area contributed by atoms with Gasteiger partial charge in [0.05, 0.1) is 5.69 Å². The van der Waals surface area contributed by atoms with E-state index >= 15 is 0 Å². The molecule has 0 bridgehead atoms. The van der Waals surface area contributed by atoms with Gasteiger partial charge in [0.2, 0.25) is 5.88 Å². The fourth-order valence-electron chi connectivity index (χ4n) is 3.27. The number of carbonyl (C=O) groups excluding carboxylic acids is 1. The Balaban J connectivity index is 1.39. The Bertz CT molecular complexity index is 1260. The topological polar surface area (TPSA) is 85.2 Å². The summed E-state index contributed by atoms with van der Waals surface area (Å²) in [6.07, 6.45) is 0. The molecule has 4 aromatic rings. The summed E-state index contributed by atoms with van der Waals surface area (Å²) in [5.41, 5.74) is 5.43. The molecule has 0 saturated heterocycles. The van der Waals surface area contributed by atoms with E-state index in [1.54, 1.807) is 47.1 Å². The van der Waals surface area contributed by atoms with Gasteiger partial charge in [-0.1, -0.05) is 0 Å². The lowest BCUT2D eigenvalue weighted by Gasteiger charge is -2.12. The molecule has 0 unspecified atom stereocenters. The summed E-state index contributed by atoms with van der Waals surface area (Å²) >= 11 is 0. The minimum absolute atomic E-state index is 0.171. The van der Waals surface area contributed by atoms with Gasteiger partial charge >= 0.3 is 0 Å². The Morgan fingerprint density at radius 2 is 1.61 bits per heavy atom. The second-order valence-corrected chi connectivity index (χ2v) is 7.96. The van der Waals surface area contributed by atoms with Crippen molar-refractivity contribution < 1.29 is 9.53 Å². The van der Waals surface area contributed by atoms with Crippen LogP contribution in [-0.4, -0.2) is 40.0 Å². The van der Waals surface area contributed by atoms with Crippen molar-refractivity contribution in [2.45, 2.75) is 20.8 Å². The van der Waals surface area contributed by atoms with Crippen LogP contribution < -0.4 is 15.0 Å². The Kier molecular flexibility index (Phi) is 6.08. The van der Waals surface area contributed by atoms with Crippen molar-refractivity contribution in [3.8, 4) is 17.4 Å². The maximum atomic E-state index is 12.5. The first-order valence-electron chi connectivity index (χ1n) is 10.6. The van der Waals surface area contributed by atoms with Gasteiger partial charge in [-0.2, -0.15) is 5.10 Å². The number of carbonyl (C=O) groups is 1. The minimum Gasteiger partial charge on any atom is -0.438 e. The molecule has 0 aliphatic carbocycles. The third kappa shape index (κ3) is 4.85. The van der Waals surface area contributed by atoms with Gasteiger partial charge in [0.15, 0.2) is 5.82 Å². The van der Waals surface area contributed by atoms with E-state index in [4.69, 9.17) is 4.74 Å². The highest BCUT2D eigenvalue weighted by atomic mass is 16.5. The molecule has 0 atom stereocenters. The predicted octanol–water partition coefficient (Wildman–Crippen LogP) is 4.70. The van der Waals surface area contributed by atoms with Crippen molar-refractivity contribution in [2.75, 3.05) is 24.3 Å². The average molecular weight is 443 g/mol. The molecule has 2 aromatic carbocycles. The smallest absolute Gasteiger partial charge is 0.255 e. The van der Waals surface area contributed by atoms with E-state index in [0.29, 0.717) is 28.7 Å². The van der Waals surface area contributed by atoms with Crippen molar-refractivity contribution in [2.24, 2.45) is 0 Å². The van der Waals surface area contributed by atoms with Crippen LogP contribution in [0, 0.1) is 20.8 Å². The maximum Gasteiger partial charge on any atom is 0.255 e. The third-order valence-electron chi connectivity index (χ3n) is 5.48. The summed E-state index contributed by atoms with van der Waals surface area (Å²) in [4.78, 5) is 14.5. The summed E-state index contributed by atoms with van der Waals surface area (Å²) in [6, 6.07) is 18.1. The summed E-state index contributed by atoms with van der Waals surface area (Å²) in [6.45, 7) is 6.00. The Morgan fingerprint density at radius 3 is 2.15 bits per heavy atom. The lowest BCUT2D eigenvalue weighted by atomic mass is 10.2. The fraction of sp³-hybridized carbons (Fsp3) is 0.200. The van der Waals surface area contributed by atoms with Crippen LogP contribution in [0.25, 0.3) is 5.82 Å². The lowest BCUT2D eigenvalue weighted by Crippen LogP contribution is -2.13. The Morgan fingerprint density at radius 1 is 0.909 bits per heavy atom. The molecule has 1 amide bonds. The maximum absolute atomic E-state index is 12.5. The van der Waals surface area contributed by atoms with E-state index in [-0.39, 0.29) is 5.91 Å². The number of ether oxygens (including phenoxy) is 1. The minimum atomic E-state index is -0.171. The third-order valence-corrected chi connectivity index (χ3v) is 5.48. The molecule has 8 nitrogen and oxygen atoms in total. The summed E-state index contributed by atoms with van der Waals surface area (Å²) < 4.78 is 7.56. The van der Waals surface area contributed by atoms with Gasteiger partial charge in [-0.25, -0.2) is 4.68 Å². The lowest BCUT2D eigenvalue weighted by molar-refractivity contribution is 0.102. The van der Waals surface area contributed by atoms with Gasteiger partial charge in [-0.05, 0) is 80.9 Å². The van der Waals surface area contributed by atoms with Crippen LogP contribution in [0.2, 0.25) is 0 Å². The molecule has 1 N–H and O–H groups in total. The summed E-state index contributed by atoms with van der Waals surface area (Å²) in [5, 5.41) is 15.8. The van der Waals surface area contributed by atoms with Crippen LogP contribution in [0.3, 0.4) is 0 Å². The van der Waals surface area contributed by atoms with E-state index in [1.807, 2.05) is 58.0 Å². The molecule has 2 aromatic heterocycles. The predicted molar refractivity (Wildman–Crippen MR) is 129 cm³/mol. The van der Waals surface area contributed by atoms with Crippen LogP contribution in [0.4, 0.5) is 11.4 Å². The molecule has 4 rings (SSSR count). The second kappa shape index (κ2) is 9.12. The molecule has 0 aliphatic heterocycles. The number of amides is 1. The molecule has 0 fully saturated rings. The number of nitrogens with one attached hydrogen (secondary N) is 1. The highest BCUT2D eigenvalue weighted by Gasteiger charge is 2.11. The number of hydrogen-bond acceptors (Lipinski definition) is 6. The van der Waals surface area contributed by atoms with Crippen LogP contribution in [0.15, 0.2) is 60.7 Å². The number of rotatable bonds is 6. The van der Waals surface area contributed by atoms with Crippen molar-refractivity contribution in [3.63, 3.8) is 0 Å². The SMILES string of the molecule is Cc1nn(-c2ccc(Oc3ccc(NC(=O)c4ccc(N(C)C)cc4)cc3)nn2)c(C)c1C. The number of aryl methyl sites for hydroxylation is 1. The van der Waals surface area contributed by atoms with Crippen LogP contribution >= 0.6 is 0 Å². The quantitative estimate of drug-likeness (QED) is 0.466. The molecule has 168 valence electrons. The van der Waals surface area contributed by atoms with E-state index in [2.05, 4.69) is 20.6 Å². The molecule has 0 aliphatic rings. The van der Waals surface area contributed by atoms with Gasteiger partial charge in [0.25, 0.3) is 5.91 Å². The standard InChI is InChI=1S/C25H26N6O2/c1-16-17(2)29-31(18(16)3)23-14-15-24(28-27-23)33-22-12-8-20(9-13-22)26-25(32)19-6-10-21(11-7-19)30(4)5/h6-15H,1-5H3,(H,26,32). The van der Waals surface area contributed by atoms with Crippen molar-refractivity contribution in [3.05, 3.63) is 83.2 Å².